The second kappa shape index (κ2) is 6.50. The quantitative estimate of drug-likeness (QED) is 0.809. The van der Waals surface area contributed by atoms with Gasteiger partial charge in [-0.1, -0.05) is 0 Å². The highest BCUT2D eigenvalue weighted by Crippen LogP contribution is 2.17. The Morgan fingerprint density at radius 2 is 2.05 bits per heavy atom. The van der Waals surface area contributed by atoms with Gasteiger partial charge in [-0.25, -0.2) is 14.0 Å². The molecule has 1 rings (SSSR count). The summed E-state index contributed by atoms with van der Waals surface area (Å²) in [6.07, 6.45) is 0. The van der Waals surface area contributed by atoms with Gasteiger partial charge in [0.15, 0.2) is 0 Å². The van der Waals surface area contributed by atoms with Gasteiger partial charge in [0.25, 0.3) is 0 Å². The molecule has 1 aromatic rings. The van der Waals surface area contributed by atoms with Crippen molar-refractivity contribution in [3.05, 3.63) is 29.6 Å². The summed E-state index contributed by atoms with van der Waals surface area (Å²) in [7, 11) is 2.48. The largest absolute Gasteiger partial charge is 0.478 e. The molecule has 0 aliphatic rings. The highest BCUT2D eigenvalue weighted by Gasteiger charge is 2.17. The number of benzene rings is 1. The van der Waals surface area contributed by atoms with Crippen LogP contribution in [0.4, 0.5) is 14.9 Å². The van der Waals surface area contributed by atoms with E-state index in [4.69, 9.17) is 5.11 Å². The first-order valence-corrected chi connectivity index (χ1v) is 5.47. The van der Waals surface area contributed by atoms with Crippen LogP contribution in [-0.2, 0) is 9.53 Å². The zero-order valence-corrected chi connectivity index (χ0v) is 10.8. The standard InChI is InChI=1S/C12H13FN2O5/c1-15(6-10(16)20-2)12(19)14-9-5-7(13)3-4-8(9)11(17)18/h3-5H,6H2,1-2H3,(H,14,19)(H,17,18). The fraction of sp³-hybridized carbons (Fsp3) is 0.250. The molecule has 1 aromatic carbocycles. The Hall–Kier alpha value is -2.64. The number of esters is 1. The van der Waals surface area contributed by atoms with Gasteiger partial charge in [-0.15, -0.1) is 0 Å². The van der Waals surface area contributed by atoms with Crippen LogP contribution in [0.2, 0.25) is 0 Å². The van der Waals surface area contributed by atoms with Crippen LogP contribution in [-0.4, -0.2) is 48.7 Å². The number of halogens is 1. The molecule has 0 unspecified atom stereocenters. The van der Waals surface area contributed by atoms with Crippen LogP contribution in [0.25, 0.3) is 0 Å². The molecule has 0 saturated carbocycles. The summed E-state index contributed by atoms with van der Waals surface area (Å²) >= 11 is 0. The first kappa shape index (κ1) is 15.4. The summed E-state index contributed by atoms with van der Waals surface area (Å²) in [5, 5.41) is 11.2. The fourth-order valence-corrected chi connectivity index (χ4v) is 1.35. The Bertz CT molecular complexity index is 547. The Morgan fingerprint density at radius 3 is 2.60 bits per heavy atom. The number of carboxylic acid groups (broad SMARTS) is 1. The molecule has 0 bridgehead atoms. The molecule has 20 heavy (non-hydrogen) atoms. The molecule has 0 aliphatic carbocycles. The van der Waals surface area contributed by atoms with Gasteiger partial charge in [-0.3, -0.25) is 4.79 Å². The summed E-state index contributed by atoms with van der Waals surface area (Å²) in [6, 6.07) is 2.13. The Morgan fingerprint density at radius 1 is 1.40 bits per heavy atom. The number of amides is 2. The second-order valence-corrected chi connectivity index (χ2v) is 3.86. The second-order valence-electron chi connectivity index (χ2n) is 3.86. The van der Waals surface area contributed by atoms with Crippen molar-refractivity contribution in [3.8, 4) is 0 Å². The number of aromatic carboxylic acids is 1. The molecule has 0 aromatic heterocycles. The summed E-state index contributed by atoms with van der Waals surface area (Å²) < 4.78 is 17.5. The van der Waals surface area contributed by atoms with Gasteiger partial charge in [0.05, 0.1) is 18.4 Å². The average Bonchev–Trinajstić information content (AvgIpc) is 2.38. The smallest absolute Gasteiger partial charge is 0.337 e. The van der Waals surface area contributed by atoms with Crippen molar-refractivity contribution in [2.75, 3.05) is 26.0 Å². The van der Waals surface area contributed by atoms with Crippen LogP contribution in [0.5, 0.6) is 0 Å². The first-order valence-electron chi connectivity index (χ1n) is 5.47. The third kappa shape index (κ3) is 3.94. The van der Waals surface area contributed by atoms with Gasteiger partial charge in [-0.05, 0) is 18.2 Å². The van der Waals surface area contributed by atoms with E-state index in [2.05, 4.69) is 10.1 Å². The number of ether oxygens (including phenoxy) is 1. The van der Waals surface area contributed by atoms with Crippen LogP contribution < -0.4 is 5.32 Å². The summed E-state index contributed by atoms with van der Waals surface area (Å²) in [4.78, 5) is 34.7. The fourth-order valence-electron chi connectivity index (χ4n) is 1.35. The molecule has 7 nitrogen and oxygen atoms in total. The van der Waals surface area contributed by atoms with E-state index in [0.717, 1.165) is 23.1 Å². The van der Waals surface area contributed by atoms with Crippen molar-refractivity contribution in [1.82, 2.24) is 4.90 Å². The number of carbonyl (C=O) groups is 3. The lowest BCUT2D eigenvalue weighted by Gasteiger charge is -2.17. The van der Waals surface area contributed by atoms with Gasteiger partial charge in [0.2, 0.25) is 0 Å². The number of rotatable bonds is 4. The third-order valence-electron chi connectivity index (χ3n) is 2.39. The molecule has 0 saturated heterocycles. The number of hydrogen-bond acceptors (Lipinski definition) is 4. The number of nitrogens with one attached hydrogen (secondary N) is 1. The normalized spacial score (nSPS) is 9.75. The van der Waals surface area contributed by atoms with Gasteiger partial charge in [0, 0.05) is 7.05 Å². The third-order valence-corrected chi connectivity index (χ3v) is 2.39. The van der Waals surface area contributed by atoms with Crippen molar-refractivity contribution in [2.24, 2.45) is 0 Å². The zero-order chi connectivity index (χ0) is 15.3. The number of hydrogen-bond donors (Lipinski definition) is 2. The van der Waals surface area contributed by atoms with E-state index in [1.54, 1.807) is 0 Å². The zero-order valence-electron chi connectivity index (χ0n) is 10.8. The summed E-state index contributed by atoms with van der Waals surface area (Å²) in [5.74, 6) is -2.64. The molecule has 0 spiro atoms. The van der Waals surface area contributed by atoms with E-state index in [1.807, 2.05) is 0 Å². The minimum absolute atomic E-state index is 0.195. The van der Waals surface area contributed by atoms with Crippen LogP contribution in [0.15, 0.2) is 18.2 Å². The van der Waals surface area contributed by atoms with Gasteiger partial charge in [-0.2, -0.15) is 0 Å². The number of methoxy groups -OCH3 is 1. The first-order chi connectivity index (χ1) is 9.35. The monoisotopic (exact) mass is 284 g/mol. The van der Waals surface area contributed by atoms with E-state index < -0.39 is 23.8 Å². The molecule has 2 N–H and O–H groups in total. The van der Waals surface area contributed by atoms with E-state index in [9.17, 15) is 18.8 Å². The van der Waals surface area contributed by atoms with Crippen LogP contribution in [0, 0.1) is 5.82 Å². The number of anilines is 1. The van der Waals surface area contributed by atoms with Crippen molar-refractivity contribution < 1.29 is 28.6 Å². The summed E-state index contributed by atoms with van der Waals surface area (Å²) in [6.45, 7) is -0.319. The van der Waals surface area contributed by atoms with Crippen molar-refractivity contribution in [2.45, 2.75) is 0 Å². The summed E-state index contributed by atoms with van der Waals surface area (Å²) in [5.41, 5.74) is -0.453. The number of likely N-dealkylation sites (N-methyl/N-ethyl adjacent to an activating group) is 1. The molecule has 0 fully saturated rings. The molecular formula is C12H13FN2O5. The maximum absolute atomic E-state index is 13.1. The van der Waals surface area contributed by atoms with Crippen LogP contribution in [0.3, 0.4) is 0 Å². The maximum atomic E-state index is 13.1. The van der Waals surface area contributed by atoms with Gasteiger partial charge < -0.3 is 20.1 Å². The van der Waals surface area contributed by atoms with Gasteiger partial charge in [0.1, 0.15) is 12.4 Å². The predicted molar refractivity (Wildman–Crippen MR) is 67.0 cm³/mol. The van der Waals surface area contributed by atoms with Crippen LogP contribution in [0.1, 0.15) is 10.4 Å². The van der Waals surface area contributed by atoms with Crippen molar-refractivity contribution in [3.63, 3.8) is 0 Å². The number of carbonyl (C=O) groups excluding carboxylic acids is 2. The molecule has 108 valence electrons. The lowest BCUT2D eigenvalue weighted by atomic mass is 10.2. The number of urea groups is 1. The minimum Gasteiger partial charge on any atom is -0.478 e. The molecule has 0 aliphatic heterocycles. The molecule has 8 heteroatoms. The lowest BCUT2D eigenvalue weighted by molar-refractivity contribution is -0.140. The SMILES string of the molecule is COC(=O)CN(C)C(=O)Nc1cc(F)ccc1C(=O)O. The van der Waals surface area contributed by atoms with Crippen molar-refractivity contribution >= 4 is 23.7 Å². The van der Waals surface area contributed by atoms with Crippen molar-refractivity contribution in [1.29, 1.82) is 0 Å². The highest BCUT2D eigenvalue weighted by molar-refractivity contribution is 6.00. The molecular weight excluding hydrogens is 271 g/mol. The van der Waals surface area contributed by atoms with E-state index >= 15 is 0 Å². The molecule has 0 atom stereocenters. The van der Waals surface area contributed by atoms with Gasteiger partial charge >= 0.3 is 18.0 Å². The van der Waals surface area contributed by atoms with E-state index in [1.165, 1.54) is 14.2 Å². The van der Waals surface area contributed by atoms with Crippen LogP contribution >= 0.6 is 0 Å². The minimum atomic E-state index is -1.31. The molecule has 0 heterocycles. The molecule has 2 amide bonds. The highest BCUT2D eigenvalue weighted by atomic mass is 19.1. The lowest BCUT2D eigenvalue weighted by Crippen LogP contribution is -2.36. The Labute approximate surface area is 113 Å². The Kier molecular flexibility index (Phi) is 5.01. The maximum Gasteiger partial charge on any atom is 0.337 e. The van der Waals surface area contributed by atoms with E-state index in [0.29, 0.717) is 0 Å². The topological polar surface area (TPSA) is 95.9 Å². The molecule has 0 radical (unpaired) electrons. The predicted octanol–water partition coefficient (Wildman–Crippen LogP) is 1.16. The number of nitrogens with zero attached hydrogens (tertiary/aromatic N) is 1. The Balaban J connectivity index is 2.87. The van der Waals surface area contributed by atoms with E-state index in [-0.39, 0.29) is 17.8 Å². The average molecular weight is 284 g/mol. The number of carboxylic acids is 1.